The summed E-state index contributed by atoms with van der Waals surface area (Å²) in [6, 6.07) is 7.91. The molecule has 0 fully saturated rings. The van der Waals surface area contributed by atoms with Gasteiger partial charge in [0.15, 0.2) is 11.5 Å². The van der Waals surface area contributed by atoms with Gasteiger partial charge in [-0.25, -0.2) is 9.37 Å². The number of hydrogen-bond acceptors (Lipinski definition) is 6. The third-order valence-electron chi connectivity index (χ3n) is 4.45. The largest absolute Gasteiger partial charge is 0.493 e. The van der Waals surface area contributed by atoms with Crippen LogP contribution in [0.15, 0.2) is 39.6 Å². The number of ether oxygens (including phenoxy) is 2. The fraction of sp³-hybridized carbons (Fsp3) is 0.300. The van der Waals surface area contributed by atoms with Crippen molar-refractivity contribution in [1.29, 1.82) is 0 Å². The van der Waals surface area contributed by atoms with Gasteiger partial charge in [0.05, 0.1) is 38.3 Å². The van der Waals surface area contributed by atoms with Crippen molar-refractivity contribution in [3.8, 4) is 11.5 Å². The van der Waals surface area contributed by atoms with E-state index in [-0.39, 0.29) is 31.1 Å². The minimum absolute atomic E-state index is 0.113. The van der Waals surface area contributed by atoms with Gasteiger partial charge in [-0.05, 0) is 24.3 Å². The maximum atomic E-state index is 14.1. The number of aromatic amines is 1. The number of nitrogens with zero attached hydrogens (tertiary/aromatic N) is 2. The summed E-state index contributed by atoms with van der Waals surface area (Å²) in [5, 5.41) is 9.77. The molecule has 0 bridgehead atoms. The molecule has 2 N–H and O–H groups in total. The van der Waals surface area contributed by atoms with E-state index < -0.39 is 0 Å². The van der Waals surface area contributed by atoms with Gasteiger partial charge >= 0.3 is 0 Å². The van der Waals surface area contributed by atoms with E-state index in [1.165, 1.54) is 20.3 Å². The van der Waals surface area contributed by atoms with Gasteiger partial charge in [0.2, 0.25) is 0 Å². The first-order valence-electron chi connectivity index (χ1n) is 8.87. The molecule has 0 unspecified atom stereocenters. The number of aliphatic hydroxyl groups excluding tert-OH is 1. The highest BCUT2D eigenvalue weighted by Gasteiger charge is 2.15. The Morgan fingerprint density at radius 2 is 1.90 bits per heavy atom. The monoisotopic (exact) mass is 465 g/mol. The number of fused-ring (bicyclic) bond motifs is 1. The first-order valence-corrected chi connectivity index (χ1v) is 9.66. The Hall–Kier alpha value is -2.49. The number of aliphatic hydroxyl groups is 1. The number of aromatic nitrogens is 2. The Morgan fingerprint density at radius 3 is 2.59 bits per heavy atom. The summed E-state index contributed by atoms with van der Waals surface area (Å²) in [7, 11) is 3.00. The number of nitrogens with one attached hydrogen (secondary N) is 1. The molecular formula is C20H21BrFN3O4. The van der Waals surface area contributed by atoms with E-state index in [1.54, 1.807) is 29.2 Å². The molecule has 2 aromatic carbocycles. The van der Waals surface area contributed by atoms with Crippen molar-refractivity contribution in [1.82, 2.24) is 14.9 Å². The van der Waals surface area contributed by atoms with Crippen LogP contribution in [0.25, 0.3) is 10.9 Å². The molecule has 0 radical (unpaired) electrons. The van der Waals surface area contributed by atoms with E-state index in [1.807, 2.05) is 0 Å². The molecule has 0 saturated carbocycles. The predicted molar refractivity (Wildman–Crippen MR) is 111 cm³/mol. The summed E-state index contributed by atoms with van der Waals surface area (Å²) >= 11 is 3.34. The number of benzene rings is 2. The summed E-state index contributed by atoms with van der Waals surface area (Å²) in [6.45, 7) is 0.656. The lowest BCUT2D eigenvalue weighted by molar-refractivity contribution is 0.179. The Morgan fingerprint density at radius 1 is 1.17 bits per heavy atom. The third-order valence-corrected chi connectivity index (χ3v) is 4.94. The van der Waals surface area contributed by atoms with Crippen LogP contribution in [0.2, 0.25) is 0 Å². The molecule has 7 nitrogen and oxygen atoms in total. The molecule has 0 aliphatic heterocycles. The van der Waals surface area contributed by atoms with Gasteiger partial charge < -0.3 is 19.6 Å². The summed E-state index contributed by atoms with van der Waals surface area (Å²) in [4.78, 5) is 21.6. The lowest BCUT2D eigenvalue weighted by Gasteiger charge is -2.21. The quantitative estimate of drug-likeness (QED) is 0.531. The van der Waals surface area contributed by atoms with Crippen LogP contribution in [0.3, 0.4) is 0 Å². The van der Waals surface area contributed by atoms with Gasteiger partial charge in [0, 0.05) is 29.2 Å². The molecule has 0 aliphatic rings. The van der Waals surface area contributed by atoms with Crippen LogP contribution in [0, 0.1) is 5.82 Å². The lowest BCUT2D eigenvalue weighted by atomic mass is 10.2. The standard InChI is InChI=1S/C20H21BrFN3O4/c1-28-17-8-14-16(9-18(17)29-2)23-19(24-20(14)27)11-25(5-6-26)10-12-7-13(21)3-4-15(12)22/h3-4,7-9,26H,5-6,10-11H2,1-2H3,(H,23,24,27). The molecule has 0 aliphatic carbocycles. The van der Waals surface area contributed by atoms with E-state index in [0.717, 1.165) is 4.47 Å². The number of methoxy groups -OCH3 is 2. The van der Waals surface area contributed by atoms with Crippen LogP contribution < -0.4 is 15.0 Å². The van der Waals surface area contributed by atoms with E-state index in [4.69, 9.17) is 9.47 Å². The van der Waals surface area contributed by atoms with Crippen molar-refractivity contribution in [2.45, 2.75) is 13.1 Å². The number of H-pyrrole nitrogens is 1. The van der Waals surface area contributed by atoms with Crippen molar-refractivity contribution in [3.05, 3.63) is 62.4 Å². The van der Waals surface area contributed by atoms with Crippen LogP contribution in [-0.2, 0) is 13.1 Å². The Kier molecular flexibility index (Phi) is 6.83. The molecule has 3 aromatic rings. The molecule has 154 valence electrons. The van der Waals surface area contributed by atoms with Gasteiger partial charge in [-0.15, -0.1) is 0 Å². The number of halogens is 2. The third kappa shape index (κ3) is 4.92. The van der Waals surface area contributed by atoms with Gasteiger partial charge in [0.1, 0.15) is 11.6 Å². The van der Waals surface area contributed by atoms with Crippen molar-refractivity contribution >= 4 is 26.8 Å². The fourth-order valence-corrected chi connectivity index (χ4v) is 3.47. The van der Waals surface area contributed by atoms with Gasteiger partial charge in [-0.3, -0.25) is 9.69 Å². The van der Waals surface area contributed by atoms with Gasteiger partial charge in [-0.2, -0.15) is 0 Å². The highest BCUT2D eigenvalue weighted by molar-refractivity contribution is 9.10. The molecule has 0 amide bonds. The van der Waals surface area contributed by atoms with E-state index in [2.05, 4.69) is 25.9 Å². The average molecular weight is 466 g/mol. The van der Waals surface area contributed by atoms with E-state index in [0.29, 0.717) is 40.3 Å². The van der Waals surface area contributed by atoms with Crippen LogP contribution in [0.1, 0.15) is 11.4 Å². The zero-order valence-electron chi connectivity index (χ0n) is 16.0. The average Bonchev–Trinajstić information content (AvgIpc) is 2.70. The van der Waals surface area contributed by atoms with E-state index >= 15 is 0 Å². The number of rotatable bonds is 8. The normalized spacial score (nSPS) is 11.2. The first-order chi connectivity index (χ1) is 13.9. The molecule has 0 spiro atoms. The molecule has 9 heteroatoms. The maximum absolute atomic E-state index is 14.1. The first kappa shape index (κ1) is 21.2. The molecule has 1 heterocycles. The maximum Gasteiger partial charge on any atom is 0.258 e. The zero-order valence-corrected chi connectivity index (χ0v) is 17.6. The summed E-state index contributed by atoms with van der Waals surface area (Å²) in [5.41, 5.74) is 0.616. The Balaban J connectivity index is 1.93. The van der Waals surface area contributed by atoms with Gasteiger partial charge in [0.25, 0.3) is 5.56 Å². The smallest absolute Gasteiger partial charge is 0.258 e. The molecule has 0 saturated heterocycles. The highest BCUT2D eigenvalue weighted by Crippen LogP contribution is 2.30. The molecule has 1 aromatic heterocycles. The zero-order chi connectivity index (χ0) is 21.0. The molecule has 0 atom stereocenters. The van der Waals surface area contributed by atoms with Crippen LogP contribution in [0.5, 0.6) is 11.5 Å². The van der Waals surface area contributed by atoms with Gasteiger partial charge in [-0.1, -0.05) is 15.9 Å². The van der Waals surface area contributed by atoms with Crippen LogP contribution in [-0.4, -0.2) is 47.3 Å². The Bertz CT molecular complexity index is 1070. The summed E-state index contributed by atoms with van der Waals surface area (Å²) < 4.78 is 25.4. The van der Waals surface area contributed by atoms with E-state index in [9.17, 15) is 14.3 Å². The molecular weight excluding hydrogens is 445 g/mol. The summed E-state index contributed by atoms with van der Waals surface area (Å²) in [5.74, 6) is 0.964. The minimum Gasteiger partial charge on any atom is -0.493 e. The second-order valence-corrected chi connectivity index (χ2v) is 7.32. The SMILES string of the molecule is COc1cc2nc(CN(CCO)Cc3cc(Br)ccc3F)[nH]c(=O)c2cc1OC. The van der Waals surface area contributed by atoms with Crippen molar-refractivity contribution in [3.63, 3.8) is 0 Å². The highest BCUT2D eigenvalue weighted by atomic mass is 79.9. The molecule has 29 heavy (non-hydrogen) atoms. The Labute approximate surface area is 175 Å². The lowest BCUT2D eigenvalue weighted by Crippen LogP contribution is -2.28. The summed E-state index contributed by atoms with van der Waals surface area (Å²) in [6.07, 6.45) is 0. The minimum atomic E-state index is -0.340. The van der Waals surface area contributed by atoms with Crippen molar-refractivity contribution in [2.75, 3.05) is 27.4 Å². The second-order valence-electron chi connectivity index (χ2n) is 6.41. The predicted octanol–water partition coefficient (Wildman–Crippen LogP) is 2.84. The second kappa shape index (κ2) is 9.34. The number of hydrogen-bond donors (Lipinski definition) is 2. The van der Waals surface area contributed by atoms with Crippen molar-refractivity contribution < 1.29 is 19.0 Å². The fourth-order valence-electron chi connectivity index (χ4n) is 3.06. The molecule has 3 rings (SSSR count). The van der Waals surface area contributed by atoms with Crippen LogP contribution in [0.4, 0.5) is 4.39 Å². The van der Waals surface area contributed by atoms with Crippen molar-refractivity contribution in [2.24, 2.45) is 0 Å². The van der Waals surface area contributed by atoms with Crippen LogP contribution >= 0.6 is 15.9 Å². The topological polar surface area (TPSA) is 87.7 Å².